The molecule has 1 aromatic carbocycles. The zero-order valence-electron chi connectivity index (χ0n) is 14.2. The molecule has 1 aromatic rings. The van der Waals surface area contributed by atoms with E-state index in [1.54, 1.807) is 23.1 Å². The average molecular weight is 409 g/mol. The van der Waals surface area contributed by atoms with Crippen molar-refractivity contribution in [1.82, 2.24) is 13.5 Å². The van der Waals surface area contributed by atoms with Crippen LogP contribution in [-0.2, 0) is 10.2 Å². The van der Waals surface area contributed by atoms with Gasteiger partial charge in [-0.3, -0.25) is 0 Å². The predicted octanol–water partition coefficient (Wildman–Crippen LogP) is 2.73. The van der Waals surface area contributed by atoms with E-state index in [0.29, 0.717) is 41.9 Å². The van der Waals surface area contributed by atoms with E-state index in [0.717, 1.165) is 0 Å². The molecule has 1 aliphatic rings. The zero-order valence-corrected chi connectivity index (χ0v) is 16.5. The second kappa shape index (κ2) is 8.55. The van der Waals surface area contributed by atoms with Crippen molar-refractivity contribution in [2.45, 2.75) is 13.8 Å². The number of benzene rings is 1. The van der Waals surface area contributed by atoms with Crippen molar-refractivity contribution in [3.05, 3.63) is 28.2 Å². The largest absolute Gasteiger partial charge is 0.322 e. The lowest BCUT2D eigenvalue weighted by Crippen LogP contribution is -2.54. The highest BCUT2D eigenvalue weighted by molar-refractivity contribution is 7.86. The summed E-state index contributed by atoms with van der Waals surface area (Å²) in [4.78, 5) is 13.9. The van der Waals surface area contributed by atoms with Gasteiger partial charge in [-0.1, -0.05) is 37.0 Å². The number of amides is 2. The van der Waals surface area contributed by atoms with Crippen LogP contribution < -0.4 is 5.32 Å². The predicted molar refractivity (Wildman–Crippen MR) is 100 cm³/mol. The highest BCUT2D eigenvalue weighted by atomic mass is 35.5. The molecule has 0 saturated carbocycles. The van der Waals surface area contributed by atoms with Crippen LogP contribution in [0.2, 0.25) is 10.0 Å². The number of anilines is 1. The van der Waals surface area contributed by atoms with Crippen LogP contribution in [-0.4, -0.2) is 67.2 Å². The lowest BCUT2D eigenvalue weighted by Gasteiger charge is -2.36. The molecule has 1 saturated heterocycles. The molecule has 0 unspecified atom stereocenters. The number of nitrogens with zero attached hydrogens (tertiary/aromatic N) is 3. The van der Waals surface area contributed by atoms with Crippen molar-refractivity contribution < 1.29 is 13.2 Å². The Hall–Kier alpha value is -1.06. The van der Waals surface area contributed by atoms with Gasteiger partial charge in [-0.05, 0) is 18.2 Å². The van der Waals surface area contributed by atoms with Crippen molar-refractivity contribution in [3.63, 3.8) is 0 Å². The minimum Gasteiger partial charge on any atom is -0.322 e. The molecule has 25 heavy (non-hydrogen) atoms. The normalized spacial score (nSPS) is 16.3. The van der Waals surface area contributed by atoms with Crippen molar-refractivity contribution in [2.75, 3.05) is 44.6 Å². The Balaban J connectivity index is 1.95. The summed E-state index contributed by atoms with van der Waals surface area (Å²) in [5, 5.41) is 3.51. The van der Waals surface area contributed by atoms with E-state index in [1.807, 2.05) is 13.8 Å². The lowest BCUT2D eigenvalue weighted by atomic mass is 10.3. The topological polar surface area (TPSA) is 73.0 Å². The number of piperazine rings is 1. The Bertz CT molecular complexity index is 717. The fraction of sp³-hybridized carbons (Fsp3) is 0.533. The summed E-state index contributed by atoms with van der Waals surface area (Å²) in [6.07, 6.45) is 0. The maximum absolute atomic E-state index is 12.5. The molecule has 0 bridgehead atoms. The monoisotopic (exact) mass is 408 g/mol. The summed E-state index contributed by atoms with van der Waals surface area (Å²) in [6, 6.07) is 4.54. The van der Waals surface area contributed by atoms with Crippen LogP contribution in [0.25, 0.3) is 0 Å². The number of hydrogen-bond donors (Lipinski definition) is 1. The first-order chi connectivity index (χ1) is 11.8. The van der Waals surface area contributed by atoms with Crippen LogP contribution in [0.15, 0.2) is 18.2 Å². The number of halogens is 2. The number of urea groups is 1. The third-order valence-electron chi connectivity index (χ3n) is 4.05. The number of hydrogen-bond acceptors (Lipinski definition) is 3. The van der Waals surface area contributed by atoms with E-state index in [4.69, 9.17) is 23.2 Å². The first kappa shape index (κ1) is 20.3. The zero-order chi connectivity index (χ0) is 18.6. The second-order valence-electron chi connectivity index (χ2n) is 5.54. The van der Waals surface area contributed by atoms with Gasteiger partial charge in [-0.25, -0.2) is 4.79 Å². The van der Waals surface area contributed by atoms with Crippen LogP contribution in [0.3, 0.4) is 0 Å². The maximum atomic E-state index is 12.5. The third kappa shape index (κ3) is 4.77. The molecule has 140 valence electrons. The van der Waals surface area contributed by atoms with Crippen LogP contribution in [0.4, 0.5) is 10.5 Å². The summed E-state index contributed by atoms with van der Waals surface area (Å²) in [5.74, 6) is 0. The van der Waals surface area contributed by atoms with Gasteiger partial charge in [0.1, 0.15) is 0 Å². The molecule has 10 heteroatoms. The Morgan fingerprint density at radius 3 is 2.24 bits per heavy atom. The van der Waals surface area contributed by atoms with Gasteiger partial charge in [-0.15, -0.1) is 0 Å². The van der Waals surface area contributed by atoms with Gasteiger partial charge in [0.2, 0.25) is 0 Å². The van der Waals surface area contributed by atoms with Gasteiger partial charge in [-0.2, -0.15) is 17.0 Å². The standard InChI is InChI=1S/C15H22Cl2N4O3S/c1-3-20(4-2)25(23,24)21-9-7-19(8-10-21)15(22)18-12-5-6-13(16)14(17)11-12/h5-6,11H,3-4,7-10H2,1-2H3,(H,18,22). The summed E-state index contributed by atoms with van der Waals surface area (Å²) in [6.45, 7) is 5.67. The molecule has 1 heterocycles. The molecule has 1 aliphatic heterocycles. The second-order valence-corrected chi connectivity index (χ2v) is 8.28. The van der Waals surface area contributed by atoms with Crippen LogP contribution in [0, 0.1) is 0 Å². The summed E-state index contributed by atoms with van der Waals surface area (Å²) in [5.41, 5.74) is 0.539. The van der Waals surface area contributed by atoms with Gasteiger partial charge in [0.05, 0.1) is 10.0 Å². The molecule has 2 amide bonds. The Morgan fingerprint density at radius 2 is 1.72 bits per heavy atom. The fourth-order valence-corrected chi connectivity index (χ4v) is 4.51. The first-order valence-corrected chi connectivity index (χ1v) is 10.2. The van der Waals surface area contributed by atoms with Crippen molar-refractivity contribution in [3.8, 4) is 0 Å². The summed E-state index contributed by atoms with van der Waals surface area (Å²) >= 11 is 11.8. The van der Waals surface area contributed by atoms with Crippen molar-refractivity contribution in [2.24, 2.45) is 0 Å². The molecule has 0 spiro atoms. The highest BCUT2D eigenvalue weighted by Gasteiger charge is 2.32. The van der Waals surface area contributed by atoms with Crippen LogP contribution >= 0.6 is 23.2 Å². The minimum atomic E-state index is -3.47. The van der Waals surface area contributed by atoms with Crippen LogP contribution in [0.5, 0.6) is 0 Å². The Morgan fingerprint density at radius 1 is 1.12 bits per heavy atom. The molecular formula is C15H22Cl2N4O3S. The van der Waals surface area contributed by atoms with E-state index in [9.17, 15) is 13.2 Å². The van der Waals surface area contributed by atoms with Crippen molar-refractivity contribution >= 4 is 45.1 Å². The van der Waals surface area contributed by atoms with E-state index >= 15 is 0 Å². The quantitative estimate of drug-likeness (QED) is 0.813. The molecule has 7 nitrogen and oxygen atoms in total. The first-order valence-electron chi connectivity index (χ1n) is 8.05. The summed E-state index contributed by atoms with van der Waals surface area (Å²) < 4.78 is 27.8. The van der Waals surface area contributed by atoms with Crippen LogP contribution in [0.1, 0.15) is 13.8 Å². The van der Waals surface area contributed by atoms with Gasteiger partial charge < -0.3 is 10.2 Å². The van der Waals surface area contributed by atoms with E-state index < -0.39 is 10.2 Å². The van der Waals surface area contributed by atoms with E-state index in [2.05, 4.69) is 5.32 Å². The number of nitrogens with one attached hydrogen (secondary N) is 1. The van der Waals surface area contributed by atoms with Gasteiger partial charge in [0.15, 0.2) is 0 Å². The van der Waals surface area contributed by atoms with Gasteiger partial charge >= 0.3 is 6.03 Å². The molecular weight excluding hydrogens is 387 g/mol. The number of carbonyl (C=O) groups excluding carboxylic acids is 1. The molecule has 2 rings (SSSR count). The Labute approximate surface area is 158 Å². The minimum absolute atomic E-state index is 0.271. The SMILES string of the molecule is CCN(CC)S(=O)(=O)N1CCN(C(=O)Nc2ccc(Cl)c(Cl)c2)CC1. The van der Waals surface area contributed by atoms with E-state index in [1.165, 1.54) is 8.61 Å². The molecule has 0 aromatic heterocycles. The number of carbonyl (C=O) groups is 1. The van der Waals surface area contributed by atoms with Crippen molar-refractivity contribution in [1.29, 1.82) is 0 Å². The molecule has 1 N–H and O–H groups in total. The smallest absolute Gasteiger partial charge is 0.321 e. The lowest BCUT2D eigenvalue weighted by molar-refractivity contribution is 0.181. The molecule has 1 fully saturated rings. The maximum Gasteiger partial charge on any atom is 0.321 e. The highest BCUT2D eigenvalue weighted by Crippen LogP contribution is 2.25. The molecule has 0 atom stereocenters. The molecule has 0 aliphatic carbocycles. The third-order valence-corrected chi connectivity index (χ3v) is 6.98. The number of rotatable bonds is 5. The fourth-order valence-electron chi connectivity index (χ4n) is 2.61. The average Bonchev–Trinajstić information content (AvgIpc) is 2.59. The van der Waals surface area contributed by atoms with Gasteiger partial charge in [0, 0.05) is 45.0 Å². The van der Waals surface area contributed by atoms with Gasteiger partial charge in [0.25, 0.3) is 10.2 Å². The summed E-state index contributed by atoms with van der Waals surface area (Å²) in [7, 11) is -3.47. The molecule has 0 radical (unpaired) electrons. The van der Waals surface area contributed by atoms with E-state index in [-0.39, 0.29) is 19.1 Å². The Kier molecular flexibility index (Phi) is 6.93.